The highest BCUT2D eigenvalue weighted by atomic mass is 16.4. The second-order valence-corrected chi connectivity index (χ2v) is 10.2. The first-order valence-electron chi connectivity index (χ1n) is 13.9. The van der Waals surface area contributed by atoms with Crippen molar-refractivity contribution < 1.29 is 34.2 Å². The van der Waals surface area contributed by atoms with E-state index in [2.05, 4.69) is 10.6 Å². The van der Waals surface area contributed by atoms with Gasteiger partial charge in [0.1, 0.15) is 30.2 Å². The number of likely N-dealkylation sites (tertiary alicyclic amines) is 2. The third-order valence-corrected chi connectivity index (χ3v) is 7.31. The first kappa shape index (κ1) is 32.4. The summed E-state index contributed by atoms with van der Waals surface area (Å²) < 4.78 is 0. The van der Waals surface area contributed by atoms with Gasteiger partial charge < -0.3 is 47.8 Å². The molecule has 2 rings (SSSR count). The van der Waals surface area contributed by atoms with Crippen LogP contribution in [0.3, 0.4) is 0 Å². The Bertz CT molecular complexity index is 859. The minimum Gasteiger partial charge on any atom is -0.480 e. The van der Waals surface area contributed by atoms with Crippen molar-refractivity contribution >= 4 is 29.6 Å². The molecule has 2 aliphatic heterocycles. The Morgan fingerprint density at radius 2 is 1.33 bits per heavy atom. The maximum absolute atomic E-state index is 13.4. The number of aliphatic carboxylic acids is 1. The molecule has 0 aromatic heterocycles. The van der Waals surface area contributed by atoms with Crippen molar-refractivity contribution in [3.63, 3.8) is 0 Å². The Morgan fingerprint density at radius 1 is 0.795 bits per heavy atom. The molecule has 0 bridgehead atoms. The third-order valence-electron chi connectivity index (χ3n) is 7.31. The van der Waals surface area contributed by atoms with Gasteiger partial charge in [0, 0.05) is 13.1 Å². The molecule has 2 saturated heterocycles. The van der Waals surface area contributed by atoms with Gasteiger partial charge >= 0.3 is 5.97 Å². The van der Waals surface area contributed by atoms with E-state index in [1.807, 2.05) is 0 Å². The number of carboxylic acids is 1. The first-order chi connectivity index (χ1) is 18.7. The van der Waals surface area contributed by atoms with Crippen molar-refractivity contribution in [1.82, 2.24) is 20.4 Å². The third kappa shape index (κ3) is 9.12. The second kappa shape index (κ2) is 16.3. The average Bonchev–Trinajstić information content (AvgIpc) is 3.61. The first-order valence-corrected chi connectivity index (χ1v) is 13.9. The molecule has 0 saturated carbocycles. The fourth-order valence-corrected chi connectivity index (χ4v) is 5.13. The lowest BCUT2D eigenvalue weighted by Gasteiger charge is -2.30. The molecule has 0 spiro atoms. The molecule has 0 radical (unpaired) electrons. The topological polar surface area (TPSA) is 234 Å². The molecular formula is C25H45N7O7. The van der Waals surface area contributed by atoms with Gasteiger partial charge in [-0.05, 0) is 77.3 Å². The summed E-state index contributed by atoms with van der Waals surface area (Å²) in [4.78, 5) is 66.8. The summed E-state index contributed by atoms with van der Waals surface area (Å²) in [6.45, 7) is 0.861. The van der Waals surface area contributed by atoms with Crippen LogP contribution in [0.2, 0.25) is 0 Å². The number of hydrogen-bond acceptors (Lipinski definition) is 9. The lowest BCUT2D eigenvalue weighted by atomic mass is 10.0. The van der Waals surface area contributed by atoms with E-state index in [0.29, 0.717) is 71.0 Å². The van der Waals surface area contributed by atoms with Gasteiger partial charge in [-0.25, -0.2) is 4.79 Å². The SMILES string of the molecule is NCCCCC(NC(=O)C1CCCN1C(=O)C(N)CO)C(=O)NC(CCCCN)C(=O)N1CCCC1C(=O)O. The Hall–Kier alpha value is -2.81. The van der Waals surface area contributed by atoms with Crippen molar-refractivity contribution in [2.75, 3.05) is 32.8 Å². The van der Waals surface area contributed by atoms with E-state index in [-0.39, 0.29) is 19.4 Å². The quantitative estimate of drug-likeness (QED) is 0.0997. The second-order valence-electron chi connectivity index (χ2n) is 10.2. The summed E-state index contributed by atoms with van der Waals surface area (Å²) >= 11 is 0. The molecule has 2 aliphatic rings. The van der Waals surface area contributed by atoms with E-state index < -0.39 is 66.4 Å². The minimum atomic E-state index is -1.14. The lowest BCUT2D eigenvalue weighted by molar-refractivity contribution is -0.149. The van der Waals surface area contributed by atoms with Crippen molar-refractivity contribution in [3.05, 3.63) is 0 Å². The average molecular weight is 556 g/mol. The van der Waals surface area contributed by atoms with Crippen LogP contribution in [0, 0.1) is 0 Å². The van der Waals surface area contributed by atoms with Crippen molar-refractivity contribution in [1.29, 1.82) is 0 Å². The van der Waals surface area contributed by atoms with E-state index in [1.165, 1.54) is 9.80 Å². The summed E-state index contributed by atoms with van der Waals surface area (Å²) in [7, 11) is 0. The van der Waals surface area contributed by atoms with Gasteiger partial charge in [0.2, 0.25) is 23.6 Å². The summed E-state index contributed by atoms with van der Waals surface area (Å²) in [5.41, 5.74) is 16.9. The zero-order chi connectivity index (χ0) is 28.9. The number of amides is 4. The maximum atomic E-state index is 13.4. The van der Waals surface area contributed by atoms with E-state index in [0.717, 1.165) is 0 Å². The normalized spacial score (nSPS) is 21.3. The Morgan fingerprint density at radius 3 is 1.87 bits per heavy atom. The maximum Gasteiger partial charge on any atom is 0.326 e. The van der Waals surface area contributed by atoms with Gasteiger partial charge in [-0.1, -0.05) is 0 Å². The van der Waals surface area contributed by atoms with Crippen LogP contribution < -0.4 is 27.8 Å². The summed E-state index contributed by atoms with van der Waals surface area (Å²) in [5.74, 6) is -3.18. The van der Waals surface area contributed by atoms with Crippen LogP contribution in [0.4, 0.5) is 0 Å². The van der Waals surface area contributed by atoms with Crippen molar-refractivity contribution in [3.8, 4) is 0 Å². The van der Waals surface area contributed by atoms with Crippen molar-refractivity contribution in [2.45, 2.75) is 94.4 Å². The highest BCUT2D eigenvalue weighted by Crippen LogP contribution is 2.21. The van der Waals surface area contributed by atoms with Gasteiger partial charge in [0.25, 0.3) is 0 Å². The molecule has 14 heteroatoms. The zero-order valence-corrected chi connectivity index (χ0v) is 22.6. The predicted molar refractivity (Wildman–Crippen MR) is 142 cm³/mol. The van der Waals surface area contributed by atoms with Crippen LogP contribution in [0.5, 0.6) is 0 Å². The molecule has 14 nitrogen and oxygen atoms in total. The lowest BCUT2D eigenvalue weighted by Crippen LogP contribution is -2.58. The van der Waals surface area contributed by atoms with Crippen LogP contribution in [0.15, 0.2) is 0 Å². The number of nitrogens with one attached hydrogen (secondary N) is 2. The molecule has 5 atom stereocenters. The van der Waals surface area contributed by atoms with Gasteiger partial charge in [-0.15, -0.1) is 0 Å². The standard InChI is InChI=1S/C25H45N7O7/c26-11-3-1-7-17(29-22(35)19-9-5-13-31(19)23(36)16(28)15-33)21(34)30-18(8-2-4-12-27)24(37)32-14-6-10-20(32)25(38)39/h16-20,33H,1-15,26-28H2,(H,29,35)(H,30,34)(H,38,39). The number of rotatable bonds is 16. The monoisotopic (exact) mass is 555 g/mol. The van der Waals surface area contributed by atoms with Crippen LogP contribution in [-0.2, 0) is 24.0 Å². The highest BCUT2D eigenvalue weighted by Gasteiger charge is 2.40. The van der Waals surface area contributed by atoms with Crippen LogP contribution in [-0.4, -0.2) is 113 Å². The van der Waals surface area contributed by atoms with Gasteiger partial charge in [0.15, 0.2) is 0 Å². The number of hydrogen-bond donors (Lipinski definition) is 7. The molecule has 10 N–H and O–H groups in total. The number of carboxylic acid groups (broad SMARTS) is 1. The molecule has 222 valence electrons. The number of carbonyl (C=O) groups excluding carboxylic acids is 4. The molecule has 2 heterocycles. The van der Waals surface area contributed by atoms with E-state index in [1.54, 1.807) is 0 Å². The van der Waals surface area contributed by atoms with Crippen LogP contribution >= 0.6 is 0 Å². The van der Waals surface area contributed by atoms with E-state index in [4.69, 9.17) is 17.2 Å². The number of unbranched alkanes of at least 4 members (excludes halogenated alkanes) is 2. The van der Waals surface area contributed by atoms with Gasteiger partial charge in [-0.3, -0.25) is 19.2 Å². The number of nitrogens with zero attached hydrogens (tertiary/aromatic N) is 2. The highest BCUT2D eigenvalue weighted by molar-refractivity contribution is 5.95. The summed E-state index contributed by atoms with van der Waals surface area (Å²) in [6, 6.07) is -4.87. The van der Waals surface area contributed by atoms with Crippen molar-refractivity contribution in [2.24, 2.45) is 17.2 Å². The smallest absolute Gasteiger partial charge is 0.326 e. The van der Waals surface area contributed by atoms with E-state index >= 15 is 0 Å². The zero-order valence-electron chi connectivity index (χ0n) is 22.6. The molecule has 39 heavy (non-hydrogen) atoms. The van der Waals surface area contributed by atoms with Gasteiger partial charge in [0.05, 0.1) is 6.61 Å². The molecule has 0 aromatic rings. The van der Waals surface area contributed by atoms with E-state index in [9.17, 15) is 34.2 Å². The minimum absolute atomic E-state index is 0.261. The molecule has 0 aromatic carbocycles. The Kier molecular flexibility index (Phi) is 13.6. The fraction of sp³-hybridized carbons (Fsp3) is 0.800. The Labute approximate surface area is 229 Å². The molecule has 5 unspecified atom stereocenters. The molecule has 4 amide bonds. The molecular weight excluding hydrogens is 510 g/mol. The fourth-order valence-electron chi connectivity index (χ4n) is 5.13. The predicted octanol–water partition coefficient (Wildman–Crippen LogP) is -2.40. The number of aliphatic hydroxyl groups is 1. The summed E-state index contributed by atoms with van der Waals surface area (Å²) in [5, 5.41) is 24.3. The number of nitrogens with two attached hydrogens (primary N) is 3. The van der Waals surface area contributed by atoms with Gasteiger partial charge in [-0.2, -0.15) is 0 Å². The van der Waals surface area contributed by atoms with Crippen LogP contribution in [0.25, 0.3) is 0 Å². The molecule has 2 fully saturated rings. The summed E-state index contributed by atoms with van der Waals surface area (Å²) in [6.07, 6.45) is 4.73. The molecule has 0 aliphatic carbocycles. The Balaban J connectivity index is 2.17. The largest absolute Gasteiger partial charge is 0.480 e. The number of aliphatic hydroxyl groups excluding tert-OH is 1. The number of carbonyl (C=O) groups is 5. The van der Waals surface area contributed by atoms with Crippen LogP contribution in [0.1, 0.15) is 64.2 Å².